The zero-order chi connectivity index (χ0) is 28.8. The standard InChI is InChI=1S/C25H38N6O8/c1-2-3-5-26-25(38)20-4-6-31(39)21(15-20)16-27-7-9-28(17-22(32)33)11-13-30(19-24(36)37)14-12-29(10-8-27)18-23(34)35/h4,6-7,9,15H,2-3,5,8,10-14,16-19H2,1H3,(H,26,38)(H,32,33)(H,34,35)(H,36,37)/b9-7-. The number of carboxylic acids is 3. The van der Waals surface area contributed by atoms with Crippen LogP contribution in [0.25, 0.3) is 0 Å². The molecule has 0 saturated carbocycles. The van der Waals surface area contributed by atoms with Gasteiger partial charge in [-0.1, -0.05) is 13.3 Å². The molecule has 1 aliphatic rings. The molecule has 1 amide bonds. The van der Waals surface area contributed by atoms with Crippen LogP contribution >= 0.6 is 0 Å². The third kappa shape index (κ3) is 12.0. The number of carboxylic acid groups (broad SMARTS) is 3. The van der Waals surface area contributed by atoms with Gasteiger partial charge in [0.2, 0.25) is 5.69 Å². The van der Waals surface area contributed by atoms with Crippen molar-refractivity contribution in [3.05, 3.63) is 47.2 Å². The second-order valence-electron chi connectivity index (χ2n) is 9.31. The minimum atomic E-state index is -1.06. The number of nitrogens with one attached hydrogen (secondary N) is 1. The first kappa shape index (κ1) is 31.3. The summed E-state index contributed by atoms with van der Waals surface area (Å²) in [5.74, 6) is -3.41. The van der Waals surface area contributed by atoms with Gasteiger partial charge in [-0.25, -0.2) is 0 Å². The van der Waals surface area contributed by atoms with Gasteiger partial charge in [-0.15, -0.1) is 0 Å². The molecule has 216 valence electrons. The van der Waals surface area contributed by atoms with Gasteiger partial charge in [-0.2, -0.15) is 4.73 Å². The number of nitrogens with zero attached hydrogens (tertiary/aromatic N) is 5. The quantitative estimate of drug-likeness (QED) is 0.146. The molecule has 4 N–H and O–H groups in total. The molecule has 0 aromatic carbocycles. The summed E-state index contributed by atoms with van der Waals surface area (Å²) in [6.45, 7) is 3.40. The van der Waals surface area contributed by atoms with Gasteiger partial charge < -0.3 is 35.6 Å². The summed E-state index contributed by atoms with van der Waals surface area (Å²) in [5, 5.41) is 43.3. The molecule has 39 heavy (non-hydrogen) atoms. The van der Waals surface area contributed by atoms with Crippen LogP contribution < -0.4 is 10.0 Å². The zero-order valence-electron chi connectivity index (χ0n) is 22.2. The highest BCUT2D eigenvalue weighted by Crippen LogP contribution is 2.08. The lowest BCUT2D eigenvalue weighted by Crippen LogP contribution is -2.45. The molecular weight excluding hydrogens is 512 g/mol. The van der Waals surface area contributed by atoms with E-state index >= 15 is 0 Å². The molecule has 2 heterocycles. The number of aromatic nitrogens is 1. The van der Waals surface area contributed by atoms with Crippen LogP contribution in [-0.2, 0) is 20.9 Å². The Balaban J connectivity index is 2.30. The Hall–Kier alpha value is -3.91. The van der Waals surface area contributed by atoms with Crippen molar-refractivity contribution in [1.29, 1.82) is 0 Å². The molecular formula is C25H38N6O8. The van der Waals surface area contributed by atoms with E-state index in [1.165, 1.54) is 23.2 Å². The van der Waals surface area contributed by atoms with Crippen molar-refractivity contribution in [2.24, 2.45) is 0 Å². The average molecular weight is 551 g/mol. The van der Waals surface area contributed by atoms with Crippen LogP contribution in [0.5, 0.6) is 0 Å². The molecule has 1 aromatic rings. The Bertz CT molecular complexity index is 1020. The van der Waals surface area contributed by atoms with E-state index in [2.05, 4.69) is 5.32 Å². The molecule has 0 spiro atoms. The van der Waals surface area contributed by atoms with Crippen LogP contribution in [0.15, 0.2) is 30.7 Å². The van der Waals surface area contributed by atoms with E-state index in [0.29, 0.717) is 16.8 Å². The largest absolute Gasteiger partial charge is 0.618 e. The van der Waals surface area contributed by atoms with Crippen molar-refractivity contribution >= 4 is 23.8 Å². The monoisotopic (exact) mass is 550 g/mol. The molecule has 1 aliphatic heterocycles. The molecule has 0 unspecified atom stereocenters. The molecule has 2 rings (SSSR count). The molecule has 0 radical (unpaired) electrons. The lowest BCUT2D eigenvalue weighted by Gasteiger charge is -2.31. The van der Waals surface area contributed by atoms with Crippen molar-refractivity contribution in [2.45, 2.75) is 26.3 Å². The molecule has 0 bridgehead atoms. The molecule has 0 fully saturated rings. The molecule has 14 heteroatoms. The lowest BCUT2D eigenvalue weighted by molar-refractivity contribution is -0.615. The number of carbonyl (C=O) groups is 4. The predicted molar refractivity (Wildman–Crippen MR) is 140 cm³/mol. The van der Waals surface area contributed by atoms with Crippen LogP contribution in [0.1, 0.15) is 35.8 Å². The highest BCUT2D eigenvalue weighted by Gasteiger charge is 2.20. The second kappa shape index (κ2) is 16.1. The van der Waals surface area contributed by atoms with Gasteiger partial charge in [-0.3, -0.25) is 29.0 Å². The Morgan fingerprint density at radius 2 is 1.41 bits per heavy atom. The maximum Gasteiger partial charge on any atom is 0.323 e. The number of hydrogen-bond acceptors (Lipinski definition) is 9. The van der Waals surface area contributed by atoms with Crippen molar-refractivity contribution in [1.82, 2.24) is 24.9 Å². The van der Waals surface area contributed by atoms with Gasteiger partial charge >= 0.3 is 17.9 Å². The van der Waals surface area contributed by atoms with E-state index in [4.69, 9.17) is 0 Å². The summed E-state index contributed by atoms with van der Waals surface area (Å²) in [6.07, 6.45) is 6.21. The Morgan fingerprint density at radius 1 is 0.872 bits per heavy atom. The fourth-order valence-electron chi connectivity index (χ4n) is 4.00. The van der Waals surface area contributed by atoms with Crippen molar-refractivity contribution in [3.63, 3.8) is 0 Å². The molecule has 1 aromatic heterocycles. The first-order valence-corrected chi connectivity index (χ1v) is 12.8. The zero-order valence-corrected chi connectivity index (χ0v) is 22.2. The number of amides is 1. The van der Waals surface area contributed by atoms with Crippen LogP contribution in [-0.4, -0.2) is 124 Å². The topological polar surface area (TPSA) is 181 Å². The van der Waals surface area contributed by atoms with E-state index in [9.17, 15) is 39.7 Å². The predicted octanol–water partition coefficient (Wildman–Crippen LogP) is -0.703. The smallest absolute Gasteiger partial charge is 0.323 e. The maximum absolute atomic E-state index is 12.6. The summed E-state index contributed by atoms with van der Waals surface area (Å²) < 4.78 is 0.653. The Labute approximate surface area is 227 Å². The van der Waals surface area contributed by atoms with Gasteiger partial charge in [0.25, 0.3) is 5.91 Å². The fraction of sp³-hybridized carbons (Fsp3) is 0.560. The van der Waals surface area contributed by atoms with Gasteiger partial charge in [0.15, 0.2) is 6.20 Å². The van der Waals surface area contributed by atoms with Crippen molar-refractivity contribution in [2.75, 3.05) is 65.4 Å². The summed E-state index contributed by atoms with van der Waals surface area (Å²) in [7, 11) is 0. The molecule has 0 aliphatic carbocycles. The van der Waals surface area contributed by atoms with Crippen LogP contribution in [0.3, 0.4) is 0 Å². The summed E-state index contributed by atoms with van der Waals surface area (Å²) >= 11 is 0. The van der Waals surface area contributed by atoms with E-state index < -0.39 is 17.9 Å². The van der Waals surface area contributed by atoms with E-state index in [0.717, 1.165) is 12.8 Å². The minimum Gasteiger partial charge on any atom is -0.618 e. The van der Waals surface area contributed by atoms with E-state index in [1.54, 1.807) is 27.1 Å². The summed E-state index contributed by atoms with van der Waals surface area (Å²) in [4.78, 5) is 53.3. The third-order valence-electron chi connectivity index (χ3n) is 6.12. The van der Waals surface area contributed by atoms with Gasteiger partial charge in [0.05, 0.1) is 18.7 Å². The second-order valence-corrected chi connectivity index (χ2v) is 9.31. The number of unbranched alkanes of at least 4 members (excludes halogenated alkanes) is 1. The number of pyridine rings is 1. The highest BCUT2D eigenvalue weighted by molar-refractivity contribution is 5.94. The molecule has 0 atom stereocenters. The Morgan fingerprint density at radius 3 is 1.97 bits per heavy atom. The van der Waals surface area contributed by atoms with Gasteiger partial charge in [-0.05, 0) is 6.42 Å². The van der Waals surface area contributed by atoms with Crippen molar-refractivity contribution < 1.29 is 39.2 Å². The van der Waals surface area contributed by atoms with Crippen LogP contribution in [0, 0.1) is 5.21 Å². The van der Waals surface area contributed by atoms with Crippen LogP contribution in [0.4, 0.5) is 0 Å². The number of rotatable bonds is 12. The summed E-state index contributed by atoms with van der Waals surface area (Å²) in [6, 6.07) is 2.95. The first-order chi connectivity index (χ1) is 18.6. The minimum absolute atomic E-state index is 0.0864. The Kier molecular flexibility index (Phi) is 13.0. The number of hydrogen-bond donors (Lipinski definition) is 4. The van der Waals surface area contributed by atoms with Gasteiger partial charge in [0.1, 0.15) is 13.1 Å². The average Bonchev–Trinajstić information content (AvgIpc) is 2.85. The van der Waals surface area contributed by atoms with E-state index in [1.807, 2.05) is 6.92 Å². The molecule has 0 saturated heterocycles. The van der Waals surface area contributed by atoms with Crippen molar-refractivity contribution in [3.8, 4) is 0 Å². The lowest BCUT2D eigenvalue weighted by atomic mass is 10.2. The third-order valence-corrected chi connectivity index (χ3v) is 6.12. The highest BCUT2D eigenvalue weighted by atomic mass is 16.5. The normalized spacial score (nSPS) is 16.6. The first-order valence-electron chi connectivity index (χ1n) is 12.8. The maximum atomic E-state index is 12.6. The van der Waals surface area contributed by atoms with Gasteiger partial charge in [0, 0.05) is 70.3 Å². The number of carbonyl (C=O) groups excluding carboxylic acids is 1. The fourth-order valence-corrected chi connectivity index (χ4v) is 4.00. The van der Waals surface area contributed by atoms with E-state index in [-0.39, 0.29) is 77.0 Å². The SMILES string of the molecule is CCCCNC(=O)c1cc[n+]([O-])c(CN2/C=C\N(CC(=O)O)CCN(CC(=O)O)CCN(CC(=O)O)CC2)c1. The number of aliphatic carboxylic acids is 3. The van der Waals surface area contributed by atoms with Crippen LogP contribution in [0.2, 0.25) is 0 Å². The summed E-state index contributed by atoms with van der Waals surface area (Å²) in [5.41, 5.74) is 0.627. The molecule has 14 nitrogen and oxygen atoms in total.